The molecule has 0 fully saturated rings. The van der Waals surface area contributed by atoms with Crippen LogP contribution in [0.1, 0.15) is 35.1 Å². The molecular weight excluding hydrogens is 194 g/mol. The molecule has 2 rings (SSSR count). The van der Waals surface area contributed by atoms with Crippen molar-refractivity contribution in [2.75, 3.05) is 6.61 Å². The average molecular weight is 207 g/mol. The molecule has 4 heteroatoms. The topological polar surface area (TPSA) is 59.2 Å². The summed E-state index contributed by atoms with van der Waals surface area (Å²) >= 11 is 0. The fraction of sp³-hybridized carbons (Fsp3) is 0.455. The van der Waals surface area contributed by atoms with Crippen LogP contribution in [-0.4, -0.2) is 23.3 Å². The van der Waals surface area contributed by atoms with E-state index in [-0.39, 0.29) is 11.8 Å². The average Bonchev–Trinajstić information content (AvgIpc) is 2.60. The normalized spacial score (nSPS) is 14.9. The van der Waals surface area contributed by atoms with Gasteiger partial charge in [0.25, 0.3) is 0 Å². The number of carbonyl (C=O) groups is 2. The van der Waals surface area contributed by atoms with Gasteiger partial charge in [0.1, 0.15) is 11.5 Å². The molecule has 4 nitrogen and oxygen atoms in total. The number of hydrogen-bond acceptors (Lipinski definition) is 3. The van der Waals surface area contributed by atoms with E-state index in [9.17, 15) is 9.59 Å². The summed E-state index contributed by atoms with van der Waals surface area (Å²) < 4.78 is 4.88. The molecule has 1 aromatic heterocycles. The van der Waals surface area contributed by atoms with Crippen molar-refractivity contribution >= 4 is 11.8 Å². The molecule has 15 heavy (non-hydrogen) atoms. The van der Waals surface area contributed by atoms with E-state index < -0.39 is 0 Å². The highest BCUT2D eigenvalue weighted by Crippen LogP contribution is 2.20. The van der Waals surface area contributed by atoms with Crippen LogP contribution in [0.4, 0.5) is 0 Å². The molecule has 0 saturated carbocycles. The van der Waals surface area contributed by atoms with Gasteiger partial charge in [-0.15, -0.1) is 0 Å². The number of Topliss-reactive ketones (excluding diaryl/α,β-unsaturated/α-hetero) is 1. The highest BCUT2D eigenvalue weighted by Gasteiger charge is 2.20. The number of H-pyrrole nitrogens is 1. The van der Waals surface area contributed by atoms with E-state index in [4.69, 9.17) is 4.74 Å². The minimum Gasteiger partial charge on any atom is -0.461 e. The van der Waals surface area contributed by atoms with Gasteiger partial charge < -0.3 is 9.72 Å². The van der Waals surface area contributed by atoms with E-state index in [1.807, 2.05) is 0 Å². The summed E-state index contributed by atoms with van der Waals surface area (Å²) in [5, 5.41) is 0. The molecule has 1 aromatic rings. The molecular formula is C11H13NO3. The number of ketones is 1. The Morgan fingerprint density at radius 2 is 2.33 bits per heavy atom. The SMILES string of the molecule is CCOC(=O)c1cc2c([nH]1)CC(=O)CC2. The molecule has 1 aliphatic rings. The zero-order chi connectivity index (χ0) is 10.8. The van der Waals surface area contributed by atoms with Gasteiger partial charge in [-0.3, -0.25) is 4.79 Å². The smallest absolute Gasteiger partial charge is 0.354 e. The lowest BCUT2D eigenvalue weighted by molar-refractivity contribution is -0.118. The first kappa shape index (κ1) is 9.96. The predicted molar refractivity (Wildman–Crippen MR) is 53.8 cm³/mol. The lowest BCUT2D eigenvalue weighted by atomic mass is 9.97. The van der Waals surface area contributed by atoms with Crippen LogP contribution in [0.2, 0.25) is 0 Å². The van der Waals surface area contributed by atoms with Gasteiger partial charge in [0.15, 0.2) is 0 Å². The Bertz CT molecular complexity index is 406. The van der Waals surface area contributed by atoms with Crippen LogP contribution in [0.15, 0.2) is 6.07 Å². The summed E-state index contributed by atoms with van der Waals surface area (Å²) in [4.78, 5) is 25.6. The summed E-state index contributed by atoms with van der Waals surface area (Å²) in [6.07, 6.45) is 1.71. The first-order chi connectivity index (χ1) is 7.20. The first-order valence-corrected chi connectivity index (χ1v) is 5.10. The Hall–Kier alpha value is -1.58. The molecule has 0 amide bonds. The second-order valence-corrected chi connectivity index (χ2v) is 3.62. The second kappa shape index (κ2) is 3.88. The number of rotatable bonds is 2. The molecule has 0 spiro atoms. The molecule has 0 aromatic carbocycles. The standard InChI is InChI=1S/C11H13NO3/c1-2-15-11(14)10-5-7-3-4-8(13)6-9(7)12-10/h5,12H,2-4,6H2,1H3. The number of carbonyl (C=O) groups excluding carboxylic acids is 2. The van der Waals surface area contributed by atoms with Crippen molar-refractivity contribution in [3.8, 4) is 0 Å². The fourth-order valence-corrected chi connectivity index (χ4v) is 1.80. The van der Waals surface area contributed by atoms with Crippen LogP contribution in [-0.2, 0) is 22.4 Å². The summed E-state index contributed by atoms with van der Waals surface area (Å²) in [5.41, 5.74) is 2.39. The van der Waals surface area contributed by atoms with Crippen LogP contribution >= 0.6 is 0 Å². The third-order valence-corrected chi connectivity index (χ3v) is 2.53. The first-order valence-electron chi connectivity index (χ1n) is 5.10. The maximum Gasteiger partial charge on any atom is 0.354 e. The van der Waals surface area contributed by atoms with Gasteiger partial charge in [0.05, 0.1) is 6.61 Å². The number of ether oxygens (including phenoxy) is 1. The third kappa shape index (κ3) is 1.93. The quantitative estimate of drug-likeness (QED) is 0.742. The van der Waals surface area contributed by atoms with E-state index in [1.165, 1.54) is 0 Å². The molecule has 80 valence electrons. The van der Waals surface area contributed by atoms with E-state index >= 15 is 0 Å². The number of hydrogen-bond donors (Lipinski definition) is 1. The molecule has 0 saturated heterocycles. The number of aromatic amines is 1. The Balaban J connectivity index is 2.22. The van der Waals surface area contributed by atoms with Crippen molar-refractivity contribution in [2.45, 2.75) is 26.2 Å². The van der Waals surface area contributed by atoms with E-state index in [0.29, 0.717) is 25.1 Å². The van der Waals surface area contributed by atoms with Gasteiger partial charge in [0, 0.05) is 18.5 Å². The predicted octanol–water partition coefficient (Wildman–Crippen LogP) is 1.25. The minimum atomic E-state index is -0.348. The van der Waals surface area contributed by atoms with E-state index in [1.54, 1.807) is 13.0 Å². The van der Waals surface area contributed by atoms with Gasteiger partial charge in [-0.1, -0.05) is 0 Å². The van der Waals surface area contributed by atoms with Crippen molar-refractivity contribution in [3.05, 3.63) is 23.0 Å². The Kier molecular flexibility index (Phi) is 2.58. The van der Waals surface area contributed by atoms with Gasteiger partial charge in [0.2, 0.25) is 0 Å². The third-order valence-electron chi connectivity index (χ3n) is 2.53. The van der Waals surface area contributed by atoms with Gasteiger partial charge in [-0.25, -0.2) is 4.79 Å². The Labute approximate surface area is 87.6 Å². The fourth-order valence-electron chi connectivity index (χ4n) is 1.80. The number of aromatic nitrogens is 1. The summed E-state index contributed by atoms with van der Waals surface area (Å²) in [7, 11) is 0. The molecule has 0 atom stereocenters. The molecule has 0 unspecified atom stereocenters. The minimum absolute atomic E-state index is 0.222. The van der Waals surface area contributed by atoms with Crippen LogP contribution in [0.3, 0.4) is 0 Å². The monoisotopic (exact) mass is 207 g/mol. The number of fused-ring (bicyclic) bond motifs is 1. The summed E-state index contributed by atoms with van der Waals surface area (Å²) in [5.74, 6) is -0.126. The van der Waals surface area contributed by atoms with Crippen molar-refractivity contribution < 1.29 is 14.3 Å². The van der Waals surface area contributed by atoms with Crippen LogP contribution in [0.5, 0.6) is 0 Å². The lowest BCUT2D eigenvalue weighted by Crippen LogP contribution is -2.12. The maximum absolute atomic E-state index is 11.4. The van der Waals surface area contributed by atoms with Crippen molar-refractivity contribution in [1.82, 2.24) is 4.98 Å². The van der Waals surface area contributed by atoms with Crippen LogP contribution in [0, 0.1) is 0 Å². The zero-order valence-corrected chi connectivity index (χ0v) is 8.63. The molecule has 0 radical (unpaired) electrons. The van der Waals surface area contributed by atoms with Gasteiger partial charge >= 0.3 is 5.97 Å². The van der Waals surface area contributed by atoms with Crippen molar-refractivity contribution in [1.29, 1.82) is 0 Å². The van der Waals surface area contributed by atoms with Crippen LogP contribution < -0.4 is 0 Å². The van der Waals surface area contributed by atoms with Gasteiger partial charge in [-0.05, 0) is 25.0 Å². The van der Waals surface area contributed by atoms with E-state index in [2.05, 4.69) is 4.98 Å². The molecule has 1 N–H and O–H groups in total. The Morgan fingerprint density at radius 3 is 3.07 bits per heavy atom. The Morgan fingerprint density at radius 1 is 1.53 bits per heavy atom. The molecule has 1 heterocycles. The number of esters is 1. The van der Waals surface area contributed by atoms with Crippen molar-refractivity contribution in [3.63, 3.8) is 0 Å². The molecule has 0 aliphatic heterocycles. The lowest BCUT2D eigenvalue weighted by Gasteiger charge is -2.08. The number of nitrogens with one attached hydrogen (secondary N) is 1. The van der Waals surface area contributed by atoms with Crippen LogP contribution in [0.25, 0.3) is 0 Å². The zero-order valence-electron chi connectivity index (χ0n) is 8.63. The molecule has 0 bridgehead atoms. The van der Waals surface area contributed by atoms with Gasteiger partial charge in [-0.2, -0.15) is 0 Å². The van der Waals surface area contributed by atoms with E-state index in [0.717, 1.165) is 17.7 Å². The summed E-state index contributed by atoms with van der Waals surface area (Å²) in [6.45, 7) is 2.13. The largest absolute Gasteiger partial charge is 0.461 e. The number of aryl methyl sites for hydroxylation is 1. The molecule has 1 aliphatic carbocycles. The second-order valence-electron chi connectivity index (χ2n) is 3.62. The highest BCUT2D eigenvalue weighted by atomic mass is 16.5. The van der Waals surface area contributed by atoms with Crippen molar-refractivity contribution in [2.24, 2.45) is 0 Å². The maximum atomic E-state index is 11.4. The highest BCUT2D eigenvalue weighted by molar-refractivity contribution is 5.89. The summed E-state index contributed by atoms with van der Waals surface area (Å²) in [6, 6.07) is 1.79.